The van der Waals surface area contributed by atoms with E-state index in [1.54, 1.807) is 12.1 Å². The molecule has 158 valence electrons. The van der Waals surface area contributed by atoms with Crippen molar-refractivity contribution in [1.29, 1.82) is 0 Å². The topological polar surface area (TPSA) is 91.5 Å². The Morgan fingerprint density at radius 1 is 1.10 bits per heavy atom. The Balaban J connectivity index is 1.43. The molecule has 0 bridgehead atoms. The van der Waals surface area contributed by atoms with E-state index in [0.717, 1.165) is 16.5 Å². The molecule has 2 N–H and O–H groups in total. The molecule has 1 aliphatic heterocycles. The third-order valence-electron chi connectivity index (χ3n) is 5.19. The largest absolute Gasteiger partial charge is 0.373 e. The predicted octanol–water partition coefficient (Wildman–Crippen LogP) is 3.15. The number of nitrogens with zero attached hydrogens (tertiary/aromatic N) is 1. The summed E-state index contributed by atoms with van der Waals surface area (Å²) in [5, 5.41) is 3.85. The van der Waals surface area contributed by atoms with Crippen molar-refractivity contribution in [2.24, 2.45) is 0 Å². The fourth-order valence-corrected chi connectivity index (χ4v) is 5.43. The summed E-state index contributed by atoms with van der Waals surface area (Å²) in [7, 11) is -3.60. The summed E-state index contributed by atoms with van der Waals surface area (Å²) in [6, 6.07) is 14.1. The minimum absolute atomic E-state index is 0.147. The Bertz CT molecular complexity index is 1140. The number of hydrogen-bond acceptors (Lipinski definition) is 4. The number of hydrogen-bond donors (Lipinski definition) is 2. The first-order valence-electron chi connectivity index (χ1n) is 9.93. The van der Waals surface area contributed by atoms with Gasteiger partial charge in [0.1, 0.15) is 0 Å². The number of carbonyl (C=O) groups excluding carboxylic acids is 1. The van der Waals surface area contributed by atoms with Crippen LogP contribution in [0.2, 0.25) is 0 Å². The molecule has 1 amide bonds. The zero-order chi connectivity index (χ0) is 21.3. The molecule has 0 radical (unpaired) electrons. The standard InChI is InChI=1S/C22H25N3O4S/c1-15-13-25(14-16(2)29-15)30(27,28)19-9-7-18(8-10-19)24-22(26)11-17-12-23-21-6-4-3-5-20(17)21/h3-10,12,15-16,23H,11,13-14H2,1-2H3,(H,24,26)/t15-,16+. The number of aromatic nitrogens is 1. The third kappa shape index (κ3) is 4.26. The number of fused-ring (bicyclic) bond motifs is 1. The lowest BCUT2D eigenvalue weighted by Gasteiger charge is -2.34. The molecular weight excluding hydrogens is 402 g/mol. The van der Waals surface area contributed by atoms with Crippen LogP contribution in [0.15, 0.2) is 59.6 Å². The summed E-state index contributed by atoms with van der Waals surface area (Å²) in [5.41, 5.74) is 2.46. The minimum Gasteiger partial charge on any atom is -0.373 e. The number of benzene rings is 2. The van der Waals surface area contributed by atoms with E-state index in [2.05, 4.69) is 10.3 Å². The van der Waals surface area contributed by atoms with Gasteiger partial charge in [0.25, 0.3) is 0 Å². The number of sulfonamides is 1. The van der Waals surface area contributed by atoms with Gasteiger partial charge < -0.3 is 15.0 Å². The van der Waals surface area contributed by atoms with Gasteiger partial charge in [-0.3, -0.25) is 4.79 Å². The van der Waals surface area contributed by atoms with Crippen LogP contribution in [-0.2, 0) is 26.0 Å². The lowest BCUT2D eigenvalue weighted by atomic mass is 10.1. The molecule has 1 fully saturated rings. The zero-order valence-electron chi connectivity index (χ0n) is 17.0. The van der Waals surface area contributed by atoms with Crippen LogP contribution in [0, 0.1) is 0 Å². The van der Waals surface area contributed by atoms with Crippen LogP contribution in [0.5, 0.6) is 0 Å². The second kappa shape index (κ2) is 8.22. The highest BCUT2D eigenvalue weighted by Crippen LogP contribution is 2.23. The number of aromatic amines is 1. The average Bonchev–Trinajstić information content (AvgIpc) is 3.10. The van der Waals surface area contributed by atoms with Gasteiger partial charge in [-0.1, -0.05) is 18.2 Å². The van der Waals surface area contributed by atoms with E-state index in [0.29, 0.717) is 18.8 Å². The number of carbonyl (C=O) groups is 1. The molecule has 1 aliphatic rings. The second-order valence-electron chi connectivity index (χ2n) is 7.69. The van der Waals surface area contributed by atoms with E-state index >= 15 is 0 Å². The molecule has 0 unspecified atom stereocenters. The van der Waals surface area contributed by atoms with Crippen molar-refractivity contribution < 1.29 is 17.9 Å². The SMILES string of the molecule is C[C@@H]1CN(S(=O)(=O)c2ccc(NC(=O)Cc3c[nH]c4ccccc34)cc2)C[C@H](C)O1. The predicted molar refractivity (Wildman–Crippen MR) is 116 cm³/mol. The molecule has 0 aliphatic carbocycles. The first-order chi connectivity index (χ1) is 14.3. The highest BCUT2D eigenvalue weighted by Gasteiger charge is 2.32. The van der Waals surface area contributed by atoms with E-state index in [-0.39, 0.29) is 29.4 Å². The van der Waals surface area contributed by atoms with E-state index < -0.39 is 10.0 Å². The Hall–Kier alpha value is -2.68. The number of anilines is 1. The summed E-state index contributed by atoms with van der Waals surface area (Å²) in [5.74, 6) is -0.161. The van der Waals surface area contributed by atoms with Gasteiger partial charge in [-0.05, 0) is 49.7 Å². The minimum atomic E-state index is -3.60. The maximum absolute atomic E-state index is 12.9. The summed E-state index contributed by atoms with van der Waals surface area (Å²) in [6.07, 6.45) is 1.77. The quantitative estimate of drug-likeness (QED) is 0.654. The van der Waals surface area contributed by atoms with Crippen molar-refractivity contribution >= 4 is 32.5 Å². The van der Waals surface area contributed by atoms with Gasteiger partial charge in [-0.25, -0.2) is 8.42 Å². The van der Waals surface area contributed by atoms with Crippen molar-refractivity contribution in [2.45, 2.75) is 37.4 Å². The molecule has 2 atom stereocenters. The van der Waals surface area contributed by atoms with Crippen molar-refractivity contribution in [2.75, 3.05) is 18.4 Å². The fourth-order valence-electron chi connectivity index (χ4n) is 3.84. The van der Waals surface area contributed by atoms with Crippen LogP contribution < -0.4 is 5.32 Å². The number of nitrogens with one attached hydrogen (secondary N) is 2. The van der Waals surface area contributed by atoms with E-state index in [4.69, 9.17) is 4.74 Å². The molecule has 8 heteroatoms. The maximum atomic E-state index is 12.9. The molecule has 0 saturated carbocycles. The van der Waals surface area contributed by atoms with Gasteiger partial charge in [0.15, 0.2) is 0 Å². The van der Waals surface area contributed by atoms with Gasteiger partial charge in [0.2, 0.25) is 15.9 Å². The number of ether oxygens (including phenoxy) is 1. The third-order valence-corrected chi connectivity index (χ3v) is 7.03. The molecule has 1 aromatic heterocycles. The Labute approximate surface area is 176 Å². The number of H-pyrrole nitrogens is 1. The summed E-state index contributed by atoms with van der Waals surface area (Å²) in [6.45, 7) is 4.39. The maximum Gasteiger partial charge on any atom is 0.243 e. The Morgan fingerprint density at radius 2 is 1.77 bits per heavy atom. The molecule has 0 spiro atoms. The number of amides is 1. The van der Waals surface area contributed by atoms with Crippen LogP contribution in [0.25, 0.3) is 10.9 Å². The highest BCUT2D eigenvalue weighted by atomic mass is 32.2. The molecule has 1 saturated heterocycles. The molecule has 2 heterocycles. The van der Waals surface area contributed by atoms with Gasteiger partial charge >= 0.3 is 0 Å². The summed E-state index contributed by atoms with van der Waals surface area (Å²) in [4.78, 5) is 15.8. The van der Waals surface area contributed by atoms with Gasteiger partial charge in [0, 0.05) is 35.9 Å². The Morgan fingerprint density at radius 3 is 2.47 bits per heavy atom. The molecular formula is C22H25N3O4S. The molecule has 30 heavy (non-hydrogen) atoms. The number of para-hydroxylation sites is 1. The van der Waals surface area contributed by atoms with Crippen molar-refractivity contribution in [1.82, 2.24) is 9.29 Å². The fraction of sp³-hybridized carbons (Fsp3) is 0.318. The van der Waals surface area contributed by atoms with Crippen LogP contribution in [0.4, 0.5) is 5.69 Å². The monoisotopic (exact) mass is 427 g/mol. The first-order valence-corrected chi connectivity index (χ1v) is 11.4. The summed E-state index contributed by atoms with van der Waals surface area (Å²) >= 11 is 0. The van der Waals surface area contributed by atoms with E-state index in [9.17, 15) is 13.2 Å². The lowest BCUT2D eigenvalue weighted by Crippen LogP contribution is -2.48. The van der Waals surface area contributed by atoms with Crippen molar-refractivity contribution in [3.05, 3.63) is 60.3 Å². The molecule has 7 nitrogen and oxygen atoms in total. The second-order valence-corrected chi connectivity index (χ2v) is 9.63. The highest BCUT2D eigenvalue weighted by molar-refractivity contribution is 7.89. The van der Waals surface area contributed by atoms with Crippen LogP contribution in [0.1, 0.15) is 19.4 Å². The van der Waals surface area contributed by atoms with Crippen LogP contribution in [-0.4, -0.2) is 48.9 Å². The van der Waals surface area contributed by atoms with E-state index in [1.807, 2.05) is 44.3 Å². The van der Waals surface area contributed by atoms with Gasteiger partial charge in [-0.2, -0.15) is 4.31 Å². The van der Waals surface area contributed by atoms with Crippen LogP contribution >= 0.6 is 0 Å². The van der Waals surface area contributed by atoms with E-state index in [1.165, 1.54) is 16.4 Å². The molecule has 3 aromatic rings. The Kier molecular flexibility index (Phi) is 5.64. The van der Waals surface area contributed by atoms with Gasteiger partial charge in [0.05, 0.1) is 23.5 Å². The average molecular weight is 428 g/mol. The number of morpholine rings is 1. The molecule has 4 rings (SSSR count). The van der Waals surface area contributed by atoms with Crippen molar-refractivity contribution in [3.63, 3.8) is 0 Å². The first kappa shape index (κ1) is 20.6. The summed E-state index contributed by atoms with van der Waals surface area (Å²) < 4.78 is 32.9. The zero-order valence-corrected chi connectivity index (χ0v) is 17.8. The smallest absolute Gasteiger partial charge is 0.243 e. The van der Waals surface area contributed by atoms with Crippen LogP contribution in [0.3, 0.4) is 0 Å². The van der Waals surface area contributed by atoms with Gasteiger partial charge in [-0.15, -0.1) is 0 Å². The number of rotatable bonds is 5. The van der Waals surface area contributed by atoms with Crippen molar-refractivity contribution in [3.8, 4) is 0 Å². The lowest BCUT2D eigenvalue weighted by molar-refractivity contribution is -0.115. The normalized spacial score (nSPS) is 20.3. The molecule has 2 aromatic carbocycles.